The zero-order chi connectivity index (χ0) is 29.0. The molecular formula is C27H35F5N4O3. The van der Waals surface area contributed by atoms with Gasteiger partial charge in [-0.2, -0.15) is 18.3 Å². The molecular weight excluding hydrogens is 523 g/mol. The average Bonchev–Trinajstić information content (AvgIpc) is 3.28. The van der Waals surface area contributed by atoms with Crippen LogP contribution in [-0.4, -0.2) is 62.8 Å². The molecule has 39 heavy (non-hydrogen) atoms. The Labute approximate surface area is 224 Å². The van der Waals surface area contributed by atoms with Crippen LogP contribution in [0.5, 0.6) is 0 Å². The zero-order valence-electron chi connectivity index (χ0n) is 22.3. The summed E-state index contributed by atoms with van der Waals surface area (Å²) >= 11 is 0. The van der Waals surface area contributed by atoms with Gasteiger partial charge in [0.1, 0.15) is 0 Å². The number of alkyl halides is 5. The number of aliphatic carboxylic acids is 1. The van der Waals surface area contributed by atoms with Gasteiger partial charge in [-0.3, -0.25) is 19.2 Å². The number of carboxylic acid groups (broad SMARTS) is 1. The summed E-state index contributed by atoms with van der Waals surface area (Å²) in [5, 5.41) is 16.4. The SMILES string of the molecule is CCC(CC)n1nc(C(=O)NC(CC(=O)O)CC(C)N2CCCC(F)(F)C2)cc1-c1ccccc1C(F)(F)F. The summed E-state index contributed by atoms with van der Waals surface area (Å²) in [5.74, 6) is -4.75. The lowest BCUT2D eigenvalue weighted by atomic mass is 9.99. The van der Waals surface area contributed by atoms with Crippen LogP contribution in [0, 0.1) is 0 Å². The summed E-state index contributed by atoms with van der Waals surface area (Å²) in [5.41, 5.74) is -1.01. The largest absolute Gasteiger partial charge is 0.481 e. The smallest absolute Gasteiger partial charge is 0.417 e. The fourth-order valence-corrected chi connectivity index (χ4v) is 5.17. The van der Waals surface area contributed by atoms with Crippen LogP contribution in [-0.2, 0) is 11.0 Å². The van der Waals surface area contributed by atoms with Crippen LogP contribution in [0.15, 0.2) is 30.3 Å². The number of piperidine rings is 1. The van der Waals surface area contributed by atoms with Gasteiger partial charge < -0.3 is 10.4 Å². The molecule has 1 aliphatic rings. The fraction of sp³-hybridized carbons (Fsp3) is 0.593. The van der Waals surface area contributed by atoms with E-state index in [1.54, 1.807) is 11.8 Å². The standard InChI is InChI=1S/C27H35F5N4O3/c1-4-19(5-2)36-23(20-9-6-7-10-21(20)27(30,31)32)15-22(34-36)25(39)33-18(14-24(37)38)13-17(3)35-12-8-11-26(28,29)16-35/h6-7,9-10,15,17-19H,4-5,8,11-14,16H2,1-3H3,(H,33,39)(H,37,38). The second-order valence-corrected chi connectivity index (χ2v) is 10.2. The van der Waals surface area contributed by atoms with E-state index in [0.29, 0.717) is 25.8 Å². The second-order valence-electron chi connectivity index (χ2n) is 10.2. The molecule has 3 rings (SSSR count). The molecule has 0 saturated carbocycles. The average molecular weight is 559 g/mol. The van der Waals surface area contributed by atoms with Crippen LogP contribution in [0.2, 0.25) is 0 Å². The number of rotatable bonds is 11. The normalized spacial score (nSPS) is 17.7. The lowest BCUT2D eigenvalue weighted by Gasteiger charge is -2.37. The van der Waals surface area contributed by atoms with Crippen molar-refractivity contribution in [2.24, 2.45) is 0 Å². The summed E-state index contributed by atoms with van der Waals surface area (Å²) in [7, 11) is 0. The Balaban J connectivity index is 1.91. The third-order valence-electron chi connectivity index (χ3n) is 7.19. The highest BCUT2D eigenvalue weighted by atomic mass is 19.4. The minimum absolute atomic E-state index is 0.102. The number of likely N-dealkylation sites (tertiary alicyclic amines) is 1. The number of nitrogens with zero attached hydrogens (tertiary/aromatic N) is 3. The number of halogens is 5. The van der Waals surface area contributed by atoms with Crippen molar-refractivity contribution in [3.05, 3.63) is 41.6 Å². The molecule has 1 aromatic carbocycles. The monoisotopic (exact) mass is 558 g/mol. The van der Waals surface area contributed by atoms with Crippen molar-refractivity contribution in [1.29, 1.82) is 0 Å². The van der Waals surface area contributed by atoms with Crippen LogP contribution >= 0.6 is 0 Å². The van der Waals surface area contributed by atoms with Gasteiger partial charge in [0.2, 0.25) is 0 Å². The van der Waals surface area contributed by atoms with Crippen LogP contribution in [0.4, 0.5) is 22.0 Å². The lowest BCUT2D eigenvalue weighted by Crippen LogP contribution is -2.49. The number of carbonyl (C=O) groups is 2. The van der Waals surface area contributed by atoms with Crippen LogP contribution < -0.4 is 5.32 Å². The Bertz CT molecular complexity index is 1150. The second kappa shape index (κ2) is 12.4. The summed E-state index contributed by atoms with van der Waals surface area (Å²) < 4.78 is 70.6. The summed E-state index contributed by atoms with van der Waals surface area (Å²) in [6, 6.07) is 4.72. The maximum absolute atomic E-state index is 13.9. The quantitative estimate of drug-likeness (QED) is 0.330. The van der Waals surface area contributed by atoms with Gasteiger partial charge in [0.15, 0.2) is 5.69 Å². The Morgan fingerprint density at radius 2 is 1.85 bits per heavy atom. The van der Waals surface area contributed by atoms with E-state index in [1.165, 1.54) is 28.9 Å². The van der Waals surface area contributed by atoms with E-state index < -0.39 is 54.6 Å². The van der Waals surface area contributed by atoms with Gasteiger partial charge in [0.25, 0.3) is 11.8 Å². The third-order valence-corrected chi connectivity index (χ3v) is 7.19. The lowest BCUT2D eigenvalue weighted by molar-refractivity contribution is -0.138. The first-order valence-electron chi connectivity index (χ1n) is 13.2. The molecule has 2 N–H and O–H groups in total. The molecule has 1 aromatic heterocycles. The van der Waals surface area contributed by atoms with Gasteiger partial charge in [-0.1, -0.05) is 32.0 Å². The number of carboxylic acids is 1. The molecule has 7 nitrogen and oxygen atoms in total. The Kier molecular flexibility index (Phi) is 9.74. The van der Waals surface area contributed by atoms with Crippen molar-refractivity contribution in [1.82, 2.24) is 20.0 Å². The Morgan fingerprint density at radius 1 is 1.18 bits per heavy atom. The predicted molar refractivity (Wildman–Crippen MR) is 136 cm³/mol. The number of amides is 1. The maximum atomic E-state index is 13.9. The van der Waals surface area contributed by atoms with E-state index >= 15 is 0 Å². The number of benzene rings is 1. The molecule has 1 saturated heterocycles. The van der Waals surface area contributed by atoms with Gasteiger partial charge >= 0.3 is 12.1 Å². The summed E-state index contributed by atoms with van der Waals surface area (Å²) in [6.45, 7) is 5.43. The highest BCUT2D eigenvalue weighted by Crippen LogP contribution is 2.38. The van der Waals surface area contributed by atoms with E-state index in [-0.39, 0.29) is 35.8 Å². The van der Waals surface area contributed by atoms with Crippen molar-refractivity contribution >= 4 is 11.9 Å². The van der Waals surface area contributed by atoms with Crippen LogP contribution in [0.25, 0.3) is 11.3 Å². The molecule has 1 amide bonds. The van der Waals surface area contributed by atoms with E-state index in [0.717, 1.165) is 6.07 Å². The van der Waals surface area contributed by atoms with Gasteiger partial charge in [0.05, 0.1) is 30.3 Å². The number of hydrogen-bond acceptors (Lipinski definition) is 4. The Morgan fingerprint density at radius 3 is 2.44 bits per heavy atom. The molecule has 2 aromatic rings. The van der Waals surface area contributed by atoms with Crippen molar-refractivity contribution < 1.29 is 36.6 Å². The highest BCUT2D eigenvalue weighted by molar-refractivity contribution is 5.94. The van der Waals surface area contributed by atoms with Crippen LogP contribution in [0.1, 0.15) is 81.4 Å². The molecule has 0 radical (unpaired) electrons. The molecule has 216 valence electrons. The minimum Gasteiger partial charge on any atom is -0.481 e. The van der Waals surface area contributed by atoms with Crippen molar-refractivity contribution in [2.75, 3.05) is 13.1 Å². The van der Waals surface area contributed by atoms with Crippen LogP contribution in [0.3, 0.4) is 0 Å². The van der Waals surface area contributed by atoms with Gasteiger partial charge in [-0.25, -0.2) is 8.78 Å². The number of carbonyl (C=O) groups excluding carboxylic acids is 1. The Hall–Kier alpha value is -3.02. The molecule has 2 heterocycles. The topological polar surface area (TPSA) is 87.5 Å². The summed E-state index contributed by atoms with van der Waals surface area (Å²) in [4.78, 5) is 26.3. The first kappa shape index (κ1) is 30.5. The predicted octanol–water partition coefficient (Wildman–Crippen LogP) is 6.01. The van der Waals surface area contributed by atoms with Gasteiger partial charge in [-0.05, 0) is 51.3 Å². The van der Waals surface area contributed by atoms with E-state index in [1.807, 2.05) is 13.8 Å². The first-order chi connectivity index (χ1) is 18.3. The summed E-state index contributed by atoms with van der Waals surface area (Å²) in [6.07, 6.45) is -3.76. The molecule has 0 bridgehead atoms. The minimum atomic E-state index is -4.63. The molecule has 1 aliphatic heterocycles. The third kappa shape index (κ3) is 7.77. The zero-order valence-corrected chi connectivity index (χ0v) is 22.3. The maximum Gasteiger partial charge on any atom is 0.417 e. The number of hydrogen-bond donors (Lipinski definition) is 2. The van der Waals surface area contributed by atoms with Crippen molar-refractivity contribution in [3.8, 4) is 11.3 Å². The molecule has 0 spiro atoms. The van der Waals surface area contributed by atoms with Gasteiger partial charge in [0, 0.05) is 24.1 Å². The molecule has 0 aliphatic carbocycles. The van der Waals surface area contributed by atoms with Crippen molar-refractivity contribution in [2.45, 2.75) is 89.5 Å². The van der Waals surface area contributed by atoms with Gasteiger partial charge in [-0.15, -0.1) is 0 Å². The molecule has 2 unspecified atom stereocenters. The van der Waals surface area contributed by atoms with E-state index in [4.69, 9.17) is 0 Å². The number of aromatic nitrogens is 2. The van der Waals surface area contributed by atoms with E-state index in [2.05, 4.69) is 10.4 Å². The van der Waals surface area contributed by atoms with E-state index in [9.17, 15) is 36.6 Å². The highest BCUT2D eigenvalue weighted by Gasteiger charge is 2.38. The number of nitrogens with one attached hydrogen (secondary N) is 1. The van der Waals surface area contributed by atoms with Crippen molar-refractivity contribution in [3.63, 3.8) is 0 Å². The fourth-order valence-electron chi connectivity index (χ4n) is 5.17. The molecule has 2 atom stereocenters. The molecule has 1 fully saturated rings. The first-order valence-corrected chi connectivity index (χ1v) is 13.2. The molecule has 12 heteroatoms.